The third kappa shape index (κ3) is 5.33. The second-order valence-electron chi connectivity index (χ2n) is 8.32. The van der Waals surface area contributed by atoms with Crippen LogP contribution in [0.3, 0.4) is 0 Å². The average molecular weight is 603 g/mol. The van der Waals surface area contributed by atoms with Gasteiger partial charge in [-0.1, -0.05) is 46.7 Å². The van der Waals surface area contributed by atoms with Gasteiger partial charge in [-0.25, -0.2) is 3.63 Å². The van der Waals surface area contributed by atoms with Gasteiger partial charge in [-0.2, -0.15) is 47.9 Å². The fourth-order valence-corrected chi connectivity index (χ4v) is 9.82. The maximum Gasteiger partial charge on any atom is 0.460 e. The van der Waals surface area contributed by atoms with Gasteiger partial charge >= 0.3 is 33.4 Å². The summed E-state index contributed by atoms with van der Waals surface area (Å²) in [6.45, 7) is 2.19. The molecule has 2 atom stereocenters. The van der Waals surface area contributed by atoms with Crippen LogP contribution in [-0.4, -0.2) is 69.1 Å². The first-order valence-corrected chi connectivity index (χ1v) is 14.4. The molecule has 16 heteroatoms. The molecule has 0 bridgehead atoms. The van der Waals surface area contributed by atoms with Gasteiger partial charge in [0.1, 0.15) is 0 Å². The molecule has 1 fully saturated rings. The summed E-state index contributed by atoms with van der Waals surface area (Å²) in [5.41, 5.74) is 0. The monoisotopic (exact) mass is 602 g/mol. The zero-order valence-electron chi connectivity index (χ0n) is 19.6. The first-order valence-electron chi connectivity index (χ1n) is 11.0. The Bertz CT molecular complexity index is 1230. The molecule has 0 radical (unpaired) electrons. The van der Waals surface area contributed by atoms with Gasteiger partial charge in [0.2, 0.25) is 0 Å². The van der Waals surface area contributed by atoms with Crippen LogP contribution in [0.1, 0.15) is 13.3 Å². The molecule has 0 amide bonds. The van der Waals surface area contributed by atoms with Gasteiger partial charge in [0, 0.05) is 23.0 Å². The van der Waals surface area contributed by atoms with E-state index < -0.39 is 55.6 Å². The van der Waals surface area contributed by atoms with Crippen molar-refractivity contribution in [2.45, 2.75) is 47.6 Å². The van der Waals surface area contributed by atoms with Crippen LogP contribution in [-0.2, 0) is 23.2 Å². The van der Waals surface area contributed by atoms with Crippen molar-refractivity contribution in [1.82, 2.24) is 0 Å². The van der Waals surface area contributed by atoms with E-state index in [1.807, 2.05) is 0 Å². The lowest BCUT2D eigenvalue weighted by molar-refractivity contribution is -0.382. The number of rotatable bonds is 11. The van der Waals surface area contributed by atoms with E-state index in [9.17, 15) is 47.9 Å². The zero-order chi connectivity index (χ0) is 28.6. The Labute approximate surface area is 213 Å². The summed E-state index contributed by atoms with van der Waals surface area (Å²) in [5, 5.41) is -6.16. The van der Waals surface area contributed by atoms with E-state index in [0.29, 0.717) is 17.4 Å². The molecule has 3 rings (SSSR count). The van der Waals surface area contributed by atoms with E-state index in [-0.39, 0.29) is 30.3 Å². The standard InChI is InChI=1S/C22H23F9O5S2/c1-2-34-11-12-35-16-10-13-37(14-16,18-9-5-7-15-6-3-4-8-17(15)18)36-38(32,33)22(30,31)20(25,26)19(23,24)21(27,28)29/h3-9,16H,2,10-14H2,1H3. The summed E-state index contributed by atoms with van der Waals surface area (Å²) in [5.74, 6) is -15.5. The van der Waals surface area contributed by atoms with Crippen molar-refractivity contribution in [2.75, 3.05) is 31.3 Å². The van der Waals surface area contributed by atoms with Crippen LogP contribution in [0.4, 0.5) is 39.5 Å². The van der Waals surface area contributed by atoms with Crippen LogP contribution in [0.15, 0.2) is 47.4 Å². The predicted molar refractivity (Wildman–Crippen MR) is 121 cm³/mol. The lowest BCUT2D eigenvalue weighted by atomic mass is 10.1. The summed E-state index contributed by atoms with van der Waals surface area (Å²) in [6.07, 6.45) is -8.01. The summed E-state index contributed by atoms with van der Waals surface area (Å²) < 4.78 is 162. The number of fused-ring (bicyclic) bond motifs is 1. The van der Waals surface area contributed by atoms with Gasteiger partial charge in [0.15, 0.2) is 0 Å². The first kappa shape index (κ1) is 30.8. The van der Waals surface area contributed by atoms with E-state index in [1.54, 1.807) is 25.1 Å². The lowest BCUT2D eigenvalue weighted by Crippen LogP contribution is -2.63. The van der Waals surface area contributed by atoms with Crippen LogP contribution >= 0.6 is 10.3 Å². The largest absolute Gasteiger partial charge is 0.460 e. The van der Waals surface area contributed by atoms with E-state index >= 15 is 0 Å². The Kier molecular flexibility index (Phi) is 8.65. The molecule has 0 aliphatic carbocycles. The fraction of sp³-hybridized carbons (Fsp3) is 0.545. The Balaban J connectivity index is 2.07. The lowest BCUT2D eigenvalue weighted by Gasteiger charge is -2.39. The van der Waals surface area contributed by atoms with Crippen molar-refractivity contribution in [3.05, 3.63) is 42.5 Å². The van der Waals surface area contributed by atoms with Gasteiger partial charge in [-0.3, -0.25) is 0 Å². The molecular weight excluding hydrogens is 579 g/mol. The zero-order valence-corrected chi connectivity index (χ0v) is 21.3. The molecule has 0 spiro atoms. The smallest absolute Gasteiger partial charge is 0.379 e. The van der Waals surface area contributed by atoms with Crippen molar-refractivity contribution >= 4 is 31.2 Å². The molecule has 5 nitrogen and oxygen atoms in total. The molecule has 1 heterocycles. The van der Waals surface area contributed by atoms with Crippen molar-refractivity contribution in [1.29, 1.82) is 0 Å². The highest BCUT2D eigenvalue weighted by molar-refractivity contribution is 8.33. The predicted octanol–water partition coefficient (Wildman–Crippen LogP) is 6.52. The first-order chi connectivity index (χ1) is 17.4. The molecule has 1 saturated heterocycles. The van der Waals surface area contributed by atoms with Crippen LogP contribution < -0.4 is 0 Å². The van der Waals surface area contributed by atoms with Crippen molar-refractivity contribution in [3.8, 4) is 0 Å². The topological polar surface area (TPSA) is 61.8 Å². The Hall–Kier alpha value is -1.75. The molecule has 2 aromatic carbocycles. The number of halogens is 9. The molecule has 1 aliphatic heterocycles. The molecule has 216 valence electrons. The van der Waals surface area contributed by atoms with Gasteiger partial charge in [-0.15, -0.1) is 0 Å². The minimum atomic E-state index is -7.39. The van der Waals surface area contributed by atoms with Crippen LogP contribution in [0, 0.1) is 0 Å². The maximum absolute atomic E-state index is 14.6. The number of ether oxygens (including phenoxy) is 2. The maximum atomic E-state index is 14.6. The van der Waals surface area contributed by atoms with Crippen molar-refractivity contribution in [2.24, 2.45) is 0 Å². The van der Waals surface area contributed by atoms with Gasteiger partial charge in [0.05, 0.1) is 19.3 Å². The minimum absolute atomic E-state index is 0.000868. The Morgan fingerprint density at radius 1 is 0.895 bits per heavy atom. The van der Waals surface area contributed by atoms with E-state index in [1.165, 1.54) is 24.3 Å². The fourth-order valence-electron chi connectivity index (χ4n) is 3.89. The summed E-state index contributed by atoms with van der Waals surface area (Å²) >= 11 is 0. The van der Waals surface area contributed by atoms with Crippen molar-refractivity contribution < 1.29 is 61.0 Å². The summed E-state index contributed by atoms with van der Waals surface area (Å²) in [4.78, 5) is 0.0109. The summed E-state index contributed by atoms with van der Waals surface area (Å²) in [7, 11) is -10.6. The molecule has 0 N–H and O–H groups in total. The molecule has 1 aliphatic rings. The molecule has 0 saturated carbocycles. The highest BCUT2D eigenvalue weighted by Crippen LogP contribution is 2.66. The highest BCUT2D eigenvalue weighted by atomic mass is 32.3. The number of hydrogen-bond donors (Lipinski definition) is 0. The second kappa shape index (κ2) is 10.7. The van der Waals surface area contributed by atoms with Gasteiger partial charge < -0.3 is 9.47 Å². The molecule has 38 heavy (non-hydrogen) atoms. The van der Waals surface area contributed by atoms with Crippen LogP contribution in [0.2, 0.25) is 0 Å². The van der Waals surface area contributed by atoms with Crippen molar-refractivity contribution in [3.63, 3.8) is 0 Å². The van der Waals surface area contributed by atoms with Crippen LogP contribution in [0.5, 0.6) is 0 Å². The molecule has 0 aromatic heterocycles. The Morgan fingerprint density at radius 3 is 2.16 bits per heavy atom. The molecule has 2 unspecified atom stereocenters. The third-order valence-electron chi connectivity index (χ3n) is 5.81. The van der Waals surface area contributed by atoms with E-state index in [0.717, 1.165) is 0 Å². The number of alkyl halides is 9. The number of benzene rings is 2. The minimum Gasteiger partial charge on any atom is -0.379 e. The quantitative estimate of drug-likeness (QED) is 0.217. The van der Waals surface area contributed by atoms with Gasteiger partial charge in [0.25, 0.3) is 0 Å². The Morgan fingerprint density at radius 2 is 1.53 bits per heavy atom. The van der Waals surface area contributed by atoms with Crippen LogP contribution in [0.25, 0.3) is 10.8 Å². The SMILES string of the molecule is CCOCCOC1CCS(OS(=O)(=O)C(F)(F)C(F)(F)C(F)(F)C(F)(F)F)(c2cccc3ccccc23)C1. The second-order valence-corrected chi connectivity index (χ2v) is 13.1. The normalized spacial score (nSPS) is 23.5. The number of hydrogen-bond acceptors (Lipinski definition) is 5. The van der Waals surface area contributed by atoms with E-state index in [4.69, 9.17) is 13.1 Å². The highest BCUT2D eigenvalue weighted by Gasteiger charge is 2.86. The average Bonchev–Trinajstić information content (AvgIpc) is 3.23. The van der Waals surface area contributed by atoms with Gasteiger partial charge in [-0.05, 0) is 30.2 Å². The molecular formula is C22H23F9O5S2. The molecule has 2 aromatic rings. The third-order valence-corrected chi connectivity index (χ3v) is 11.4. The van der Waals surface area contributed by atoms with E-state index in [2.05, 4.69) is 0 Å². The summed E-state index contributed by atoms with van der Waals surface area (Å²) in [6, 6.07) is 10.5.